The fourth-order valence-corrected chi connectivity index (χ4v) is 1.73. The van der Waals surface area contributed by atoms with Crippen molar-refractivity contribution >= 4 is 17.4 Å². The maximum absolute atomic E-state index is 12.2. The molecule has 0 unspecified atom stereocenters. The highest BCUT2D eigenvalue weighted by atomic mass is 16.1. The number of hydrogen-bond donors (Lipinski definition) is 1. The molecule has 21 heavy (non-hydrogen) atoms. The number of Topliss-reactive ketones (excluding diaryl/α,β-unsaturated/α-hetero) is 1. The molecule has 0 aliphatic rings. The van der Waals surface area contributed by atoms with Gasteiger partial charge in [-0.3, -0.25) is 9.59 Å². The Kier molecular flexibility index (Phi) is 6.40. The summed E-state index contributed by atoms with van der Waals surface area (Å²) in [5.41, 5.74) is 1.75. The molecular formula is C17H22N2O2. The molecule has 0 saturated carbocycles. The van der Waals surface area contributed by atoms with Gasteiger partial charge in [0.1, 0.15) is 0 Å². The molecule has 0 radical (unpaired) electrons. The van der Waals surface area contributed by atoms with E-state index in [1.54, 1.807) is 25.3 Å². The lowest BCUT2D eigenvalue weighted by atomic mass is 9.98. The van der Waals surface area contributed by atoms with E-state index in [9.17, 15) is 9.59 Å². The second-order valence-electron chi connectivity index (χ2n) is 4.95. The number of amides is 1. The van der Waals surface area contributed by atoms with E-state index in [4.69, 9.17) is 0 Å². The maximum Gasteiger partial charge on any atom is 0.243 e. The van der Waals surface area contributed by atoms with Crippen LogP contribution in [-0.2, 0) is 4.79 Å². The zero-order valence-corrected chi connectivity index (χ0v) is 13.0. The molecule has 4 nitrogen and oxygen atoms in total. The number of allylic oxidation sites excluding steroid dienone is 3. The lowest BCUT2D eigenvalue weighted by Gasteiger charge is -2.13. The van der Waals surface area contributed by atoms with Crippen LogP contribution in [0.15, 0.2) is 48.6 Å². The third-order valence-corrected chi connectivity index (χ3v) is 3.09. The Morgan fingerprint density at radius 3 is 2.29 bits per heavy atom. The second-order valence-corrected chi connectivity index (χ2v) is 4.95. The number of benzene rings is 1. The van der Waals surface area contributed by atoms with E-state index in [0.29, 0.717) is 5.56 Å². The molecule has 0 aliphatic heterocycles. The predicted molar refractivity (Wildman–Crippen MR) is 86.6 cm³/mol. The minimum atomic E-state index is -0.232. The van der Waals surface area contributed by atoms with Crippen LogP contribution in [-0.4, -0.2) is 32.8 Å². The molecule has 0 aliphatic carbocycles. The van der Waals surface area contributed by atoms with Crippen molar-refractivity contribution < 1.29 is 9.59 Å². The normalized spacial score (nSPS) is 12.6. The molecule has 0 fully saturated rings. The summed E-state index contributed by atoms with van der Waals surface area (Å²) < 4.78 is 0. The fraction of sp³-hybridized carbons (Fsp3) is 0.294. The van der Waals surface area contributed by atoms with Gasteiger partial charge in [0.2, 0.25) is 5.91 Å². The van der Waals surface area contributed by atoms with Gasteiger partial charge in [0.05, 0.1) is 0 Å². The van der Waals surface area contributed by atoms with Crippen LogP contribution in [0.3, 0.4) is 0 Å². The molecule has 1 aromatic carbocycles. The molecule has 0 saturated heterocycles. The number of carbonyl (C=O) groups excluding carboxylic acids is 2. The zero-order valence-electron chi connectivity index (χ0n) is 13.0. The molecule has 0 spiro atoms. The first-order valence-electron chi connectivity index (χ1n) is 6.84. The summed E-state index contributed by atoms with van der Waals surface area (Å²) in [5, 5.41) is 2.49. The van der Waals surface area contributed by atoms with Crippen molar-refractivity contribution in [2.24, 2.45) is 5.92 Å². The fourth-order valence-electron chi connectivity index (χ4n) is 1.73. The highest BCUT2D eigenvalue weighted by molar-refractivity contribution is 5.99. The quantitative estimate of drug-likeness (QED) is 0.496. The lowest BCUT2D eigenvalue weighted by Crippen LogP contribution is -2.13. The first-order chi connectivity index (χ1) is 9.95. The molecule has 0 heterocycles. The molecule has 112 valence electrons. The van der Waals surface area contributed by atoms with Gasteiger partial charge in [-0.2, -0.15) is 0 Å². The summed E-state index contributed by atoms with van der Waals surface area (Å²) in [7, 11) is 5.49. The van der Waals surface area contributed by atoms with Gasteiger partial charge in [-0.15, -0.1) is 0 Å². The summed E-state index contributed by atoms with van der Waals surface area (Å²) in [6.07, 6.45) is 6.53. The number of ketones is 1. The third kappa shape index (κ3) is 5.26. The van der Waals surface area contributed by atoms with Crippen molar-refractivity contribution in [2.45, 2.75) is 6.92 Å². The molecule has 1 N–H and O–H groups in total. The van der Waals surface area contributed by atoms with Crippen LogP contribution in [0.5, 0.6) is 0 Å². The number of nitrogens with zero attached hydrogens (tertiary/aromatic N) is 1. The predicted octanol–water partition coefficient (Wildman–Crippen LogP) is 2.43. The summed E-state index contributed by atoms with van der Waals surface area (Å²) >= 11 is 0. The highest BCUT2D eigenvalue weighted by Gasteiger charge is 2.12. The largest absolute Gasteiger partial charge is 0.378 e. The standard InChI is InChI=1S/C17H22N2O2/c1-13(7-5-6-8-16(20)18-2)17(21)14-9-11-15(12-10-14)19(3)4/h5-13H,1-4H3,(H,18,20)/b7-5+,8-6+/t13-/m1/s1. The van der Waals surface area contributed by atoms with Gasteiger partial charge in [0, 0.05) is 44.4 Å². The Bertz CT molecular complexity index is 542. The van der Waals surface area contributed by atoms with Crippen molar-refractivity contribution in [1.29, 1.82) is 0 Å². The first-order valence-corrected chi connectivity index (χ1v) is 6.84. The van der Waals surface area contributed by atoms with E-state index >= 15 is 0 Å². The Morgan fingerprint density at radius 1 is 1.14 bits per heavy atom. The minimum Gasteiger partial charge on any atom is -0.378 e. The smallest absolute Gasteiger partial charge is 0.243 e. The summed E-state index contributed by atoms with van der Waals surface area (Å²) in [6, 6.07) is 7.52. The van der Waals surface area contributed by atoms with Crippen molar-refractivity contribution in [1.82, 2.24) is 5.32 Å². The highest BCUT2D eigenvalue weighted by Crippen LogP contribution is 2.15. The van der Waals surface area contributed by atoms with Gasteiger partial charge in [0.15, 0.2) is 5.78 Å². The first kappa shape index (κ1) is 16.7. The van der Waals surface area contributed by atoms with E-state index in [-0.39, 0.29) is 17.6 Å². The maximum atomic E-state index is 12.2. The molecule has 1 amide bonds. The Labute approximate surface area is 126 Å². The van der Waals surface area contributed by atoms with Crippen molar-refractivity contribution in [3.8, 4) is 0 Å². The van der Waals surface area contributed by atoms with Crippen molar-refractivity contribution in [2.75, 3.05) is 26.0 Å². The van der Waals surface area contributed by atoms with E-state index in [2.05, 4.69) is 5.32 Å². The van der Waals surface area contributed by atoms with E-state index < -0.39 is 0 Å². The summed E-state index contributed by atoms with van der Waals surface area (Å²) in [4.78, 5) is 25.2. The monoisotopic (exact) mass is 286 g/mol. The molecule has 0 aromatic heterocycles. The third-order valence-electron chi connectivity index (χ3n) is 3.09. The van der Waals surface area contributed by atoms with E-state index in [0.717, 1.165) is 5.69 Å². The topological polar surface area (TPSA) is 49.4 Å². The lowest BCUT2D eigenvalue weighted by molar-refractivity contribution is -0.116. The van der Waals surface area contributed by atoms with E-state index in [1.165, 1.54) is 6.08 Å². The number of rotatable bonds is 6. The van der Waals surface area contributed by atoms with Gasteiger partial charge < -0.3 is 10.2 Å². The van der Waals surface area contributed by atoms with Crippen molar-refractivity contribution in [3.05, 3.63) is 54.1 Å². The van der Waals surface area contributed by atoms with Crippen LogP contribution in [0, 0.1) is 5.92 Å². The van der Waals surface area contributed by atoms with Gasteiger partial charge >= 0.3 is 0 Å². The Balaban J connectivity index is 2.67. The van der Waals surface area contributed by atoms with Gasteiger partial charge in [-0.25, -0.2) is 0 Å². The van der Waals surface area contributed by atoms with Gasteiger partial charge in [-0.05, 0) is 24.3 Å². The number of nitrogens with one attached hydrogen (secondary N) is 1. The number of likely N-dealkylation sites (N-methyl/N-ethyl adjacent to an activating group) is 1. The average Bonchev–Trinajstić information content (AvgIpc) is 2.50. The van der Waals surface area contributed by atoms with Crippen LogP contribution in [0.4, 0.5) is 5.69 Å². The zero-order chi connectivity index (χ0) is 15.8. The van der Waals surface area contributed by atoms with Crippen LogP contribution in [0.2, 0.25) is 0 Å². The van der Waals surface area contributed by atoms with Crippen LogP contribution in [0.25, 0.3) is 0 Å². The summed E-state index contributed by atoms with van der Waals surface area (Å²) in [5.74, 6) is -0.340. The molecular weight excluding hydrogens is 264 g/mol. The molecule has 0 bridgehead atoms. The van der Waals surface area contributed by atoms with Crippen molar-refractivity contribution in [3.63, 3.8) is 0 Å². The van der Waals surface area contributed by atoms with Crippen LogP contribution >= 0.6 is 0 Å². The van der Waals surface area contributed by atoms with Crippen LogP contribution < -0.4 is 10.2 Å². The minimum absolute atomic E-state index is 0.0601. The second kappa shape index (κ2) is 8.04. The summed E-state index contributed by atoms with van der Waals surface area (Å²) in [6.45, 7) is 1.84. The van der Waals surface area contributed by atoms with Gasteiger partial charge in [0.25, 0.3) is 0 Å². The van der Waals surface area contributed by atoms with Gasteiger partial charge in [-0.1, -0.05) is 25.2 Å². The Morgan fingerprint density at radius 2 is 1.76 bits per heavy atom. The van der Waals surface area contributed by atoms with Crippen LogP contribution in [0.1, 0.15) is 17.3 Å². The molecule has 4 heteroatoms. The van der Waals surface area contributed by atoms with E-state index in [1.807, 2.05) is 50.2 Å². The number of anilines is 1. The molecule has 1 atom stereocenters. The molecule has 1 aromatic rings. The molecule has 1 rings (SSSR count). The SMILES string of the molecule is CNC(=O)/C=C/C=C/[C@@H](C)C(=O)c1ccc(N(C)C)cc1. The number of hydrogen-bond acceptors (Lipinski definition) is 3. The number of carbonyl (C=O) groups is 2. The average molecular weight is 286 g/mol. The Hall–Kier alpha value is -2.36.